The number of carbonyl (C=O) groups is 2. The first kappa shape index (κ1) is 24.3. The van der Waals surface area contributed by atoms with Gasteiger partial charge in [0.15, 0.2) is 17.2 Å². The van der Waals surface area contributed by atoms with Gasteiger partial charge in [-0.05, 0) is 13.0 Å². The molecular formula is C20H19F5N3O5+. The van der Waals surface area contributed by atoms with Gasteiger partial charge in [0.2, 0.25) is 12.0 Å². The second-order valence-corrected chi connectivity index (χ2v) is 7.89. The third-order valence-corrected chi connectivity index (χ3v) is 5.96. The Hall–Kier alpha value is -3.35. The molecule has 1 saturated heterocycles. The molecule has 2 aliphatic rings. The van der Waals surface area contributed by atoms with Crippen LogP contribution in [0, 0.1) is 22.5 Å². The summed E-state index contributed by atoms with van der Waals surface area (Å²) in [7, 11) is 0. The standard InChI is InChI=1S/C20H18F5N3O5/c1-8-13(10-3-4-11(21)14(22)15(10)29)16(33-19(8,2)20(23,24)25)18(31)27-9-5-6-28(32)12(7-9)17(26)30/h3-8,12-13,16H,1-2H3,(H3-,26,27,29,30,31)/p+1/t8-,12?,13+,16+,19-/m1/s1. The number of nitroso groups, excluding NO2 is 1. The van der Waals surface area contributed by atoms with E-state index in [1.807, 2.05) is 0 Å². The molecule has 3 rings (SSSR count). The van der Waals surface area contributed by atoms with Crippen LogP contribution in [0.3, 0.4) is 0 Å². The predicted molar refractivity (Wildman–Crippen MR) is 101 cm³/mol. The van der Waals surface area contributed by atoms with E-state index >= 15 is 0 Å². The molecule has 1 aromatic rings. The van der Waals surface area contributed by atoms with Crippen LogP contribution in [0.5, 0.6) is 5.75 Å². The van der Waals surface area contributed by atoms with Gasteiger partial charge >= 0.3 is 12.2 Å². The van der Waals surface area contributed by atoms with Crippen molar-refractivity contribution < 1.29 is 46.1 Å². The number of carbonyl (C=O) groups excluding carboxylic acids is 2. The molecule has 33 heavy (non-hydrogen) atoms. The van der Waals surface area contributed by atoms with Crippen molar-refractivity contribution in [2.45, 2.75) is 43.7 Å². The van der Waals surface area contributed by atoms with Crippen molar-refractivity contribution in [1.29, 1.82) is 0 Å². The molecule has 0 radical (unpaired) electrons. The van der Waals surface area contributed by atoms with Gasteiger partial charge in [-0.25, -0.2) is 4.39 Å². The van der Waals surface area contributed by atoms with Gasteiger partial charge in [0.1, 0.15) is 6.10 Å². The van der Waals surface area contributed by atoms with E-state index in [0.717, 1.165) is 31.3 Å². The van der Waals surface area contributed by atoms with Crippen LogP contribution in [-0.4, -0.2) is 45.6 Å². The Morgan fingerprint density at radius 3 is 2.48 bits per heavy atom. The van der Waals surface area contributed by atoms with Crippen LogP contribution in [-0.2, 0) is 14.3 Å². The van der Waals surface area contributed by atoms with Crippen molar-refractivity contribution in [3.63, 3.8) is 0 Å². The van der Waals surface area contributed by atoms with Crippen LogP contribution >= 0.6 is 0 Å². The second kappa shape index (κ2) is 8.21. The van der Waals surface area contributed by atoms with Crippen LogP contribution in [0.1, 0.15) is 25.3 Å². The highest BCUT2D eigenvalue weighted by molar-refractivity contribution is 5.86. The molecule has 0 bridgehead atoms. The monoisotopic (exact) mass is 476 g/mol. The molecule has 2 aliphatic heterocycles. The van der Waals surface area contributed by atoms with Crippen molar-refractivity contribution >= 4 is 11.8 Å². The normalized spacial score (nSPS) is 29.7. The molecule has 13 heteroatoms. The Morgan fingerprint density at radius 2 is 1.91 bits per heavy atom. The minimum atomic E-state index is -4.96. The van der Waals surface area contributed by atoms with E-state index < -0.39 is 70.5 Å². The Morgan fingerprint density at radius 1 is 1.27 bits per heavy atom. The number of nitrogens with two attached hydrogens (primary N) is 1. The number of allylic oxidation sites excluding steroid dienone is 1. The fourth-order valence-electron chi connectivity index (χ4n) is 3.90. The number of aromatic hydroxyl groups is 1. The number of phenolic OH excluding ortho intramolecular Hbond substituents is 1. The van der Waals surface area contributed by atoms with Gasteiger partial charge in [0.05, 0.1) is 5.70 Å². The van der Waals surface area contributed by atoms with E-state index in [0.29, 0.717) is 13.0 Å². The van der Waals surface area contributed by atoms with Gasteiger partial charge in [0, 0.05) is 39.2 Å². The number of phenols is 1. The van der Waals surface area contributed by atoms with Crippen molar-refractivity contribution in [3.05, 3.63) is 58.3 Å². The van der Waals surface area contributed by atoms with Crippen LogP contribution < -0.4 is 11.1 Å². The Balaban J connectivity index is 2.02. The highest BCUT2D eigenvalue weighted by atomic mass is 19.4. The lowest BCUT2D eigenvalue weighted by Crippen LogP contribution is -2.47. The van der Waals surface area contributed by atoms with E-state index in [4.69, 9.17) is 10.5 Å². The summed E-state index contributed by atoms with van der Waals surface area (Å²) in [5, 5.41) is 12.3. The molecule has 2 amide bonds. The molecule has 0 saturated carbocycles. The van der Waals surface area contributed by atoms with Gasteiger partial charge in [-0.2, -0.15) is 17.6 Å². The van der Waals surface area contributed by atoms with Crippen LogP contribution in [0.2, 0.25) is 0 Å². The van der Waals surface area contributed by atoms with E-state index in [9.17, 15) is 41.6 Å². The fourth-order valence-corrected chi connectivity index (χ4v) is 3.90. The van der Waals surface area contributed by atoms with E-state index in [1.54, 1.807) is 0 Å². The highest BCUT2D eigenvalue weighted by Crippen LogP contribution is 2.54. The second-order valence-electron chi connectivity index (χ2n) is 7.89. The van der Waals surface area contributed by atoms with Crippen LogP contribution in [0.25, 0.3) is 0 Å². The molecular weight excluding hydrogens is 457 g/mol. The number of hydrogen-bond donors (Lipinski definition) is 3. The summed E-state index contributed by atoms with van der Waals surface area (Å²) in [6.07, 6.45) is -3.93. The number of amides is 2. The van der Waals surface area contributed by atoms with Crippen LogP contribution in [0.4, 0.5) is 22.0 Å². The molecule has 1 aromatic carbocycles. The minimum absolute atomic E-state index is 0.124. The summed E-state index contributed by atoms with van der Waals surface area (Å²) in [4.78, 5) is 35.9. The number of rotatable bonds is 4. The summed E-state index contributed by atoms with van der Waals surface area (Å²) < 4.78 is 74.3. The number of nitrogens with one attached hydrogen (secondary N) is 1. The maximum absolute atomic E-state index is 14.0. The molecule has 0 aromatic heterocycles. The summed E-state index contributed by atoms with van der Waals surface area (Å²) in [5.74, 6) is -9.59. The molecule has 178 valence electrons. The van der Waals surface area contributed by atoms with E-state index in [1.165, 1.54) is 0 Å². The first-order valence-corrected chi connectivity index (χ1v) is 9.56. The number of halogens is 5. The predicted octanol–water partition coefficient (Wildman–Crippen LogP) is 2.27. The number of alkyl halides is 3. The smallest absolute Gasteiger partial charge is 0.417 e. The third-order valence-electron chi connectivity index (χ3n) is 5.96. The van der Waals surface area contributed by atoms with Crippen LogP contribution in [0.15, 0.2) is 36.2 Å². The van der Waals surface area contributed by atoms with Gasteiger partial charge in [-0.3, -0.25) is 9.59 Å². The summed E-state index contributed by atoms with van der Waals surface area (Å²) >= 11 is 0. The van der Waals surface area contributed by atoms with Gasteiger partial charge in [0.25, 0.3) is 11.8 Å². The van der Waals surface area contributed by atoms with E-state index in [-0.39, 0.29) is 10.5 Å². The van der Waals surface area contributed by atoms with Crippen molar-refractivity contribution in [2.24, 2.45) is 11.7 Å². The van der Waals surface area contributed by atoms with Gasteiger partial charge in [-0.1, -0.05) is 13.0 Å². The SMILES string of the molecule is C[C@@H]1[C@@H](c2ccc(F)c(F)c2O)[C@@H](C(=O)NC2=CC(C(N)=O)[N+](=O)C=C2)O[C@@]1(C)C(F)(F)F. The molecule has 0 spiro atoms. The van der Waals surface area contributed by atoms with Gasteiger partial charge in [-0.15, -0.1) is 0 Å². The average Bonchev–Trinajstić information content (AvgIpc) is 3.00. The van der Waals surface area contributed by atoms with E-state index in [2.05, 4.69) is 5.32 Å². The maximum Gasteiger partial charge on any atom is 0.417 e. The molecule has 1 fully saturated rings. The van der Waals surface area contributed by atoms with Gasteiger partial charge < -0.3 is 20.9 Å². The zero-order valence-electron chi connectivity index (χ0n) is 17.2. The Kier molecular flexibility index (Phi) is 6.04. The summed E-state index contributed by atoms with van der Waals surface area (Å²) in [6, 6.07) is 0.0150. The Labute approximate surface area is 183 Å². The number of hydrogen-bond acceptors (Lipinski definition) is 5. The highest BCUT2D eigenvalue weighted by Gasteiger charge is 2.65. The lowest BCUT2D eigenvalue weighted by molar-refractivity contribution is -0.495. The molecule has 5 atom stereocenters. The fraction of sp³-hybridized carbons (Fsp3) is 0.400. The summed E-state index contributed by atoms with van der Waals surface area (Å²) in [6.45, 7) is 1.80. The third kappa shape index (κ3) is 4.08. The summed E-state index contributed by atoms with van der Waals surface area (Å²) in [5.41, 5.74) is 1.64. The minimum Gasteiger partial charge on any atom is -0.505 e. The molecule has 8 nitrogen and oxygen atoms in total. The van der Waals surface area contributed by atoms with Crippen molar-refractivity contribution in [3.8, 4) is 5.75 Å². The zero-order valence-corrected chi connectivity index (χ0v) is 17.2. The maximum atomic E-state index is 14.0. The average molecular weight is 476 g/mol. The zero-order chi connectivity index (χ0) is 24.9. The first-order valence-electron chi connectivity index (χ1n) is 9.56. The van der Waals surface area contributed by atoms with Crippen molar-refractivity contribution in [2.75, 3.05) is 0 Å². The lowest BCUT2D eigenvalue weighted by Gasteiger charge is -2.31. The van der Waals surface area contributed by atoms with Crippen molar-refractivity contribution in [1.82, 2.24) is 5.32 Å². The number of benzene rings is 1. The lowest BCUT2D eigenvalue weighted by atomic mass is 9.77. The quantitative estimate of drug-likeness (QED) is 0.455. The first-order chi connectivity index (χ1) is 15.2. The topological polar surface area (TPSA) is 122 Å². The largest absolute Gasteiger partial charge is 0.505 e. The molecule has 4 N–H and O–H groups in total. The number of ether oxygens (including phenoxy) is 1. The molecule has 0 aliphatic carbocycles. The molecule has 1 unspecified atom stereocenters. The Bertz CT molecular complexity index is 1090. The molecule has 2 heterocycles. The number of primary amides is 1. The number of nitrogens with zero attached hydrogens (tertiary/aromatic N) is 1.